The number of rotatable bonds is 4. The summed E-state index contributed by atoms with van der Waals surface area (Å²) in [7, 11) is -3.15. The van der Waals surface area contributed by atoms with Crippen LogP contribution >= 0.6 is 0 Å². The molecule has 2 aliphatic carbocycles. The molecule has 3 atom stereocenters. The summed E-state index contributed by atoms with van der Waals surface area (Å²) in [4.78, 5) is 12.3. The van der Waals surface area contributed by atoms with Gasteiger partial charge in [-0.1, -0.05) is 6.92 Å². The quantitative estimate of drug-likeness (QED) is 0.735. The van der Waals surface area contributed by atoms with Gasteiger partial charge in [-0.25, -0.2) is 23.1 Å². The van der Waals surface area contributed by atoms with Crippen molar-refractivity contribution in [2.75, 3.05) is 0 Å². The number of imidazole rings is 1. The summed E-state index contributed by atoms with van der Waals surface area (Å²) < 4.78 is 29.9. The molecule has 3 aromatic rings. The van der Waals surface area contributed by atoms with E-state index in [1.54, 1.807) is 0 Å². The second-order valence-corrected chi connectivity index (χ2v) is 9.83. The molecule has 3 unspecified atom stereocenters. The van der Waals surface area contributed by atoms with Crippen LogP contribution in [0.15, 0.2) is 18.5 Å². The third-order valence-electron chi connectivity index (χ3n) is 5.88. The van der Waals surface area contributed by atoms with Crippen LogP contribution in [0.1, 0.15) is 44.5 Å². The average molecular weight is 373 g/mol. The Hall–Kier alpha value is -1.93. The molecule has 0 radical (unpaired) electrons. The Bertz CT molecular complexity index is 1100. The number of pyridine rings is 1. The van der Waals surface area contributed by atoms with Gasteiger partial charge in [0.25, 0.3) is 0 Å². The molecule has 0 amide bonds. The molecule has 26 heavy (non-hydrogen) atoms. The van der Waals surface area contributed by atoms with Gasteiger partial charge in [-0.3, -0.25) is 0 Å². The summed E-state index contributed by atoms with van der Waals surface area (Å²) in [5, 5.41) is 0.899. The summed E-state index contributed by atoms with van der Waals surface area (Å²) in [6.45, 7) is 4.23. The number of hydrogen-bond acceptors (Lipinski definition) is 4. The molecule has 138 valence electrons. The van der Waals surface area contributed by atoms with Crippen molar-refractivity contribution in [1.82, 2.24) is 24.2 Å². The van der Waals surface area contributed by atoms with Gasteiger partial charge in [-0.2, -0.15) is 0 Å². The Morgan fingerprint density at radius 2 is 2.12 bits per heavy atom. The van der Waals surface area contributed by atoms with Crippen LogP contribution < -0.4 is 4.72 Å². The van der Waals surface area contributed by atoms with Crippen molar-refractivity contribution < 1.29 is 8.42 Å². The van der Waals surface area contributed by atoms with Gasteiger partial charge >= 0.3 is 0 Å². The molecule has 2 aliphatic rings. The van der Waals surface area contributed by atoms with E-state index in [-0.39, 0.29) is 17.3 Å². The van der Waals surface area contributed by atoms with Crippen LogP contribution in [0.25, 0.3) is 22.1 Å². The first kappa shape index (κ1) is 16.3. The SMILES string of the molecule is Cc1nc2cnc3[nH]ccc3c2n1C1CC(NS(=O)(=O)C2CC2)CC1C. The van der Waals surface area contributed by atoms with E-state index in [0.29, 0.717) is 5.92 Å². The highest BCUT2D eigenvalue weighted by Crippen LogP contribution is 2.40. The molecule has 2 fully saturated rings. The van der Waals surface area contributed by atoms with Crippen LogP contribution in [0, 0.1) is 12.8 Å². The molecule has 7 nitrogen and oxygen atoms in total. The zero-order valence-corrected chi connectivity index (χ0v) is 15.8. The lowest BCUT2D eigenvalue weighted by Gasteiger charge is -2.20. The minimum Gasteiger partial charge on any atom is -0.346 e. The monoisotopic (exact) mass is 373 g/mol. The molecule has 0 saturated heterocycles. The van der Waals surface area contributed by atoms with E-state index < -0.39 is 10.0 Å². The predicted octanol–water partition coefficient (Wildman–Crippen LogP) is 2.64. The van der Waals surface area contributed by atoms with Gasteiger partial charge in [0.05, 0.1) is 17.0 Å². The van der Waals surface area contributed by atoms with E-state index in [9.17, 15) is 8.42 Å². The molecule has 2 saturated carbocycles. The third kappa shape index (κ3) is 2.46. The lowest BCUT2D eigenvalue weighted by Crippen LogP contribution is -2.35. The Morgan fingerprint density at radius 1 is 1.31 bits per heavy atom. The minimum atomic E-state index is -3.15. The number of aryl methyl sites for hydroxylation is 1. The van der Waals surface area contributed by atoms with Crippen molar-refractivity contribution in [3.63, 3.8) is 0 Å². The van der Waals surface area contributed by atoms with Crippen molar-refractivity contribution in [3.8, 4) is 0 Å². The molecule has 3 aromatic heterocycles. The molecular formula is C18H23N5O2S. The Labute approximate surface area is 152 Å². The average Bonchev–Trinajstić information content (AvgIpc) is 3.12. The highest BCUT2D eigenvalue weighted by atomic mass is 32.2. The van der Waals surface area contributed by atoms with Crippen LogP contribution in [0.3, 0.4) is 0 Å². The van der Waals surface area contributed by atoms with Gasteiger partial charge in [0.2, 0.25) is 10.0 Å². The lowest BCUT2D eigenvalue weighted by atomic mass is 10.1. The number of aromatic nitrogens is 4. The number of nitrogens with zero attached hydrogens (tertiary/aromatic N) is 3. The van der Waals surface area contributed by atoms with Gasteiger partial charge in [0.1, 0.15) is 17.0 Å². The maximum Gasteiger partial charge on any atom is 0.214 e. The smallest absolute Gasteiger partial charge is 0.214 e. The van der Waals surface area contributed by atoms with Gasteiger partial charge in [0, 0.05) is 23.7 Å². The fourth-order valence-electron chi connectivity index (χ4n) is 4.50. The molecule has 0 spiro atoms. The second kappa shape index (κ2) is 5.53. The Kier molecular flexibility index (Phi) is 3.46. The zero-order chi connectivity index (χ0) is 18.1. The second-order valence-electron chi connectivity index (χ2n) is 7.84. The molecule has 5 rings (SSSR count). The molecule has 0 bridgehead atoms. The Morgan fingerprint density at radius 3 is 2.88 bits per heavy atom. The number of H-pyrrole nitrogens is 1. The number of fused-ring (bicyclic) bond motifs is 3. The van der Waals surface area contributed by atoms with Gasteiger partial charge in [-0.15, -0.1) is 0 Å². The largest absolute Gasteiger partial charge is 0.346 e. The van der Waals surface area contributed by atoms with Crippen molar-refractivity contribution in [3.05, 3.63) is 24.3 Å². The van der Waals surface area contributed by atoms with E-state index in [2.05, 4.69) is 26.2 Å². The minimum absolute atomic E-state index is 0.000929. The van der Waals surface area contributed by atoms with E-state index >= 15 is 0 Å². The molecule has 3 heterocycles. The highest BCUT2D eigenvalue weighted by molar-refractivity contribution is 7.90. The zero-order valence-electron chi connectivity index (χ0n) is 14.9. The summed E-state index contributed by atoms with van der Waals surface area (Å²) in [6, 6.07) is 2.27. The number of sulfonamides is 1. The van der Waals surface area contributed by atoms with Gasteiger partial charge in [0.15, 0.2) is 0 Å². The highest BCUT2D eigenvalue weighted by Gasteiger charge is 2.41. The number of aromatic amines is 1. The molecule has 0 aliphatic heterocycles. The summed E-state index contributed by atoms with van der Waals surface area (Å²) in [5.41, 5.74) is 2.84. The maximum absolute atomic E-state index is 12.3. The van der Waals surface area contributed by atoms with Crippen LogP contribution in [-0.4, -0.2) is 39.2 Å². The van der Waals surface area contributed by atoms with Crippen LogP contribution in [-0.2, 0) is 10.0 Å². The first-order valence-electron chi connectivity index (χ1n) is 9.26. The lowest BCUT2D eigenvalue weighted by molar-refractivity contribution is 0.410. The van der Waals surface area contributed by atoms with E-state index in [0.717, 1.165) is 53.6 Å². The molecular weight excluding hydrogens is 350 g/mol. The van der Waals surface area contributed by atoms with E-state index in [4.69, 9.17) is 4.98 Å². The number of hydrogen-bond donors (Lipinski definition) is 2. The van der Waals surface area contributed by atoms with E-state index in [1.165, 1.54) is 0 Å². The first-order chi connectivity index (χ1) is 12.4. The van der Waals surface area contributed by atoms with Crippen LogP contribution in [0.2, 0.25) is 0 Å². The first-order valence-corrected chi connectivity index (χ1v) is 10.8. The van der Waals surface area contributed by atoms with Crippen LogP contribution in [0.4, 0.5) is 0 Å². The van der Waals surface area contributed by atoms with Gasteiger partial charge in [-0.05, 0) is 44.6 Å². The summed E-state index contributed by atoms with van der Waals surface area (Å²) in [5.74, 6) is 1.33. The van der Waals surface area contributed by atoms with Crippen molar-refractivity contribution in [2.45, 2.75) is 56.9 Å². The fourth-order valence-corrected chi connectivity index (χ4v) is 6.11. The maximum atomic E-state index is 12.3. The van der Waals surface area contributed by atoms with Crippen molar-refractivity contribution >= 4 is 32.1 Å². The summed E-state index contributed by atoms with van der Waals surface area (Å²) in [6.07, 6.45) is 6.96. The fraction of sp³-hybridized carbons (Fsp3) is 0.556. The normalized spacial score (nSPS) is 26.9. The summed E-state index contributed by atoms with van der Waals surface area (Å²) >= 11 is 0. The van der Waals surface area contributed by atoms with E-state index in [1.807, 2.05) is 25.4 Å². The molecule has 2 N–H and O–H groups in total. The van der Waals surface area contributed by atoms with Crippen LogP contribution in [0.5, 0.6) is 0 Å². The third-order valence-corrected chi connectivity index (χ3v) is 7.89. The Balaban J connectivity index is 1.53. The van der Waals surface area contributed by atoms with Crippen molar-refractivity contribution in [2.24, 2.45) is 5.92 Å². The van der Waals surface area contributed by atoms with Gasteiger partial charge < -0.3 is 9.55 Å². The molecule has 8 heteroatoms. The van der Waals surface area contributed by atoms with Crippen molar-refractivity contribution in [1.29, 1.82) is 0 Å². The topological polar surface area (TPSA) is 92.7 Å². The number of nitrogens with one attached hydrogen (secondary N) is 2. The predicted molar refractivity (Wildman–Crippen MR) is 100 cm³/mol. The standard InChI is InChI=1S/C18H23N5O2S/c1-10-7-12(22-26(24,25)13-3-4-13)8-16(10)23-11(2)21-15-9-20-18-14(17(15)23)5-6-19-18/h5-6,9-10,12-13,16,22H,3-4,7-8H2,1-2H3,(H,19,20). The molecule has 0 aromatic carbocycles.